The maximum absolute atomic E-state index is 4.92. The van der Waals surface area contributed by atoms with Gasteiger partial charge in [0.05, 0.1) is 4.88 Å². The van der Waals surface area contributed by atoms with Gasteiger partial charge in [-0.25, -0.2) is 4.98 Å². The smallest absolute Gasteiger partial charge is 0.191 e. The van der Waals surface area contributed by atoms with Crippen LogP contribution in [-0.4, -0.2) is 15.2 Å². The molecule has 0 saturated heterocycles. The van der Waals surface area contributed by atoms with E-state index in [1.165, 1.54) is 49.2 Å². The van der Waals surface area contributed by atoms with E-state index in [4.69, 9.17) is 4.98 Å². The summed E-state index contributed by atoms with van der Waals surface area (Å²) in [5, 5.41) is 9.92. The highest BCUT2D eigenvalue weighted by Gasteiger charge is 2.57. The molecule has 0 amide bonds. The predicted octanol–water partition coefficient (Wildman–Crippen LogP) is 4.39. The minimum Gasteiger partial charge on any atom is -0.262 e. The third-order valence-corrected chi connectivity index (χ3v) is 6.95. The molecule has 0 radical (unpaired) electrons. The fourth-order valence-electron chi connectivity index (χ4n) is 6.01. The fourth-order valence-corrected chi connectivity index (χ4v) is 6.67. The summed E-state index contributed by atoms with van der Waals surface area (Å²) in [6.07, 6.45) is 8.32. The molecule has 4 bridgehead atoms. The molecular formula is C17H21N3S. The van der Waals surface area contributed by atoms with Gasteiger partial charge >= 0.3 is 0 Å². The molecule has 1 N–H and O–H groups in total. The quantitative estimate of drug-likeness (QED) is 0.893. The number of hydrogen-bond donors (Lipinski definition) is 1. The average molecular weight is 299 g/mol. The van der Waals surface area contributed by atoms with Gasteiger partial charge in [0.15, 0.2) is 5.82 Å². The maximum Gasteiger partial charge on any atom is 0.191 e. The van der Waals surface area contributed by atoms with Gasteiger partial charge in [-0.2, -0.15) is 5.10 Å². The topological polar surface area (TPSA) is 41.6 Å². The van der Waals surface area contributed by atoms with Crippen molar-refractivity contribution < 1.29 is 0 Å². The lowest BCUT2D eigenvalue weighted by atomic mass is 9.44. The first-order valence-corrected chi connectivity index (χ1v) is 8.99. The van der Waals surface area contributed by atoms with E-state index < -0.39 is 0 Å². The molecule has 4 heteroatoms. The van der Waals surface area contributed by atoms with Crippen molar-refractivity contribution in [1.29, 1.82) is 0 Å². The predicted molar refractivity (Wildman–Crippen MR) is 84.2 cm³/mol. The second kappa shape index (κ2) is 3.97. The second-order valence-electron chi connectivity index (χ2n) is 8.04. The van der Waals surface area contributed by atoms with E-state index in [9.17, 15) is 0 Å². The zero-order chi connectivity index (χ0) is 14.1. The Morgan fingerprint density at radius 3 is 2.71 bits per heavy atom. The number of nitrogens with zero attached hydrogens (tertiary/aromatic N) is 2. The molecule has 2 atom stereocenters. The zero-order valence-corrected chi connectivity index (χ0v) is 13.2. The van der Waals surface area contributed by atoms with Gasteiger partial charge in [-0.15, -0.1) is 11.3 Å². The highest BCUT2D eigenvalue weighted by Crippen LogP contribution is 2.65. The Balaban J connectivity index is 1.55. The van der Waals surface area contributed by atoms with Gasteiger partial charge in [0.1, 0.15) is 5.82 Å². The Morgan fingerprint density at radius 2 is 2.05 bits per heavy atom. The Morgan fingerprint density at radius 1 is 1.24 bits per heavy atom. The highest BCUT2D eigenvalue weighted by molar-refractivity contribution is 7.13. The van der Waals surface area contributed by atoms with Crippen LogP contribution in [0.15, 0.2) is 17.5 Å². The molecule has 4 aliphatic carbocycles. The number of nitrogens with one attached hydrogen (secondary N) is 1. The first kappa shape index (κ1) is 12.4. The van der Waals surface area contributed by atoms with Crippen LogP contribution in [0, 0.1) is 17.3 Å². The molecule has 4 fully saturated rings. The van der Waals surface area contributed by atoms with Gasteiger partial charge in [-0.3, -0.25) is 5.10 Å². The molecule has 3 nitrogen and oxygen atoms in total. The minimum absolute atomic E-state index is 0.293. The van der Waals surface area contributed by atoms with E-state index >= 15 is 0 Å². The van der Waals surface area contributed by atoms with Crippen molar-refractivity contribution in [2.24, 2.45) is 17.3 Å². The molecule has 4 saturated carbocycles. The Labute approximate surface area is 129 Å². The van der Waals surface area contributed by atoms with Crippen molar-refractivity contribution >= 4 is 11.3 Å². The lowest BCUT2D eigenvalue weighted by Gasteiger charge is -2.60. The maximum atomic E-state index is 4.92. The first-order chi connectivity index (χ1) is 10.1. The molecule has 0 aromatic carbocycles. The number of thiophene rings is 1. The van der Waals surface area contributed by atoms with Gasteiger partial charge < -0.3 is 0 Å². The fraction of sp³-hybridized carbons (Fsp3) is 0.647. The van der Waals surface area contributed by atoms with Crippen molar-refractivity contribution in [3.63, 3.8) is 0 Å². The second-order valence-corrected chi connectivity index (χ2v) is 8.98. The summed E-state index contributed by atoms with van der Waals surface area (Å²) in [6.45, 7) is 2.51. The number of hydrogen-bond acceptors (Lipinski definition) is 3. The normalized spacial score (nSPS) is 40.8. The van der Waals surface area contributed by atoms with Gasteiger partial charge in [0, 0.05) is 5.41 Å². The van der Waals surface area contributed by atoms with Gasteiger partial charge in [-0.05, 0) is 67.2 Å². The zero-order valence-electron chi connectivity index (χ0n) is 12.4. The Kier molecular flexibility index (Phi) is 2.35. The van der Waals surface area contributed by atoms with E-state index in [-0.39, 0.29) is 0 Å². The third-order valence-electron chi connectivity index (χ3n) is 6.08. The Bertz CT molecular complexity index is 658. The summed E-state index contributed by atoms with van der Waals surface area (Å²) < 4.78 is 0. The van der Waals surface area contributed by atoms with E-state index in [1.54, 1.807) is 11.3 Å². The molecule has 110 valence electrons. The van der Waals surface area contributed by atoms with E-state index in [0.717, 1.165) is 17.7 Å². The molecule has 4 aliphatic rings. The van der Waals surface area contributed by atoms with Crippen LogP contribution < -0.4 is 0 Å². The van der Waals surface area contributed by atoms with E-state index in [1.807, 2.05) is 0 Å². The largest absolute Gasteiger partial charge is 0.262 e. The van der Waals surface area contributed by atoms with Crippen LogP contribution in [0.3, 0.4) is 0 Å². The lowest BCUT2D eigenvalue weighted by molar-refractivity contribution is -0.0647. The van der Waals surface area contributed by atoms with Gasteiger partial charge in [0.25, 0.3) is 0 Å². The SMILES string of the molecule is CC12CC3CC(C1)CC(c1nc(-c4cccs4)n[nH]1)(C3)C2. The molecule has 2 aromatic rings. The monoisotopic (exact) mass is 299 g/mol. The molecular weight excluding hydrogens is 278 g/mol. The van der Waals surface area contributed by atoms with Crippen LogP contribution in [0.5, 0.6) is 0 Å². The van der Waals surface area contributed by atoms with Gasteiger partial charge in [-0.1, -0.05) is 13.0 Å². The summed E-state index contributed by atoms with van der Waals surface area (Å²) in [7, 11) is 0. The van der Waals surface area contributed by atoms with Crippen molar-refractivity contribution in [3.05, 3.63) is 23.3 Å². The standard InChI is InChI=1S/C17H21N3S/c1-16-6-11-5-12(7-16)9-17(8-11,10-16)15-18-14(19-20-15)13-3-2-4-21-13/h2-4,11-12H,5-10H2,1H3,(H,18,19,20). The number of rotatable bonds is 2. The van der Waals surface area contributed by atoms with Crippen LogP contribution in [0.1, 0.15) is 51.3 Å². The average Bonchev–Trinajstić information content (AvgIpc) is 3.07. The molecule has 0 aliphatic heterocycles. The van der Waals surface area contributed by atoms with Crippen molar-refractivity contribution in [1.82, 2.24) is 15.2 Å². The molecule has 21 heavy (non-hydrogen) atoms. The highest BCUT2D eigenvalue weighted by atomic mass is 32.1. The van der Waals surface area contributed by atoms with Crippen molar-refractivity contribution in [3.8, 4) is 10.7 Å². The molecule has 2 unspecified atom stereocenters. The van der Waals surface area contributed by atoms with Crippen LogP contribution >= 0.6 is 11.3 Å². The number of H-pyrrole nitrogens is 1. The van der Waals surface area contributed by atoms with E-state index in [0.29, 0.717) is 10.8 Å². The third kappa shape index (κ3) is 1.78. The van der Waals surface area contributed by atoms with Crippen LogP contribution in [-0.2, 0) is 5.41 Å². The van der Waals surface area contributed by atoms with Gasteiger partial charge in [0.2, 0.25) is 0 Å². The number of aromatic nitrogens is 3. The van der Waals surface area contributed by atoms with Crippen LogP contribution in [0.4, 0.5) is 0 Å². The molecule has 2 heterocycles. The lowest BCUT2D eigenvalue weighted by Crippen LogP contribution is -2.53. The van der Waals surface area contributed by atoms with Crippen molar-refractivity contribution in [2.45, 2.75) is 50.9 Å². The summed E-state index contributed by atoms with van der Waals surface area (Å²) in [6, 6.07) is 4.18. The summed E-state index contributed by atoms with van der Waals surface area (Å²) in [5.74, 6) is 3.91. The molecule has 0 spiro atoms. The molecule has 2 aromatic heterocycles. The summed E-state index contributed by atoms with van der Waals surface area (Å²) in [5.41, 5.74) is 0.849. The minimum atomic E-state index is 0.293. The summed E-state index contributed by atoms with van der Waals surface area (Å²) >= 11 is 1.72. The van der Waals surface area contributed by atoms with Crippen LogP contribution in [0.25, 0.3) is 10.7 Å². The van der Waals surface area contributed by atoms with Crippen molar-refractivity contribution in [2.75, 3.05) is 0 Å². The summed E-state index contributed by atoms with van der Waals surface area (Å²) in [4.78, 5) is 6.09. The number of aromatic amines is 1. The Hall–Kier alpha value is -1.16. The first-order valence-electron chi connectivity index (χ1n) is 8.11. The van der Waals surface area contributed by atoms with E-state index in [2.05, 4.69) is 34.6 Å². The molecule has 6 rings (SSSR count). The van der Waals surface area contributed by atoms with Crippen LogP contribution in [0.2, 0.25) is 0 Å².